The molecule has 2 amide bonds. The van der Waals surface area contributed by atoms with Crippen LogP contribution in [0.15, 0.2) is 28.7 Å². The molecule has 0 radical (unpaired) electrons. The second-order valence-corrected chi connectivity index (χ2v) is 7.08. The van der Waals surface area contributed by atoms with Crippen LogP contribution in [0.3, 0.4) is 0 Å². The van der Waals surface area contributed by atoms with Gasteiger partial charge in [-0.3, -0.25) is 9.59 Å². The third-order valence-corrected chi connectivity index (χ3v) is 4.72. The molecule has 1 fully saturated rings. The summed E-state index contributed by atoms with van der Waals surface area (Å²) in [4.78, 5) is 23.8. The Kier molecular flexibility index (Phi) is 7.98. The number of amides is 2. The zero-order valence-electron chi connectivity index (χ0n) is 14.5. The number of rotatable bonds is 7. The highest BCUT2D eigenvalue weighted by atomic mass is 79.9. The molecular formula is C19H25BrN2O3. The Balaban J connectivity index is 1.73. The molecule has 25 heavy (non-hydrogen) atoms. The molecule has 0 heterocycles. The number of benzene rings is 1. The van der Waals surface area contributed by atoms with Crippen molar-refractivity contribution in [3.8, 4) is 5.75 Å². The number of ether oxygens (including phenoxy) is 1. The van der Waals surface area contributed by atoms with Crippen LogP contribution in [0.25, 0.3) is 6.08 Å². The molecule has 0 spiro atoms. The Morgan fingerprint density at radius 2 is 2.04 bits per heavy atom. The van der Waals surface area contributed by atoms with E-state index >= 15 is 0 Å². The highest BCUT2D eigenvalue weighted by Gasteiger charge is 2.15. The molecule has 0 unspecified atom stereocenters. The van der Waals surface area contributed by atoms with Gasteiger partial charge in [0, 0.05) is 35.1 Å². The monoisotopic (exact) mass is 408 g/mol. The predicted molar refractivity (Wildman–Crippen MR) is 102 cm³/mol. The number of hydrogen-bond donors (Lipinski definition) is 2. The van der Waals surface area contributed by atoms with Gasteiger partial charge in [0.25, 0.3) is 0 Å². The van der Waals surface area contributed by atoms with Crippen LogP contribution < -0.4 is 15.4 Å². The minimum absolute atomic E-state index is 0.00448. The molecule has 5 nitrogen and oxygen atoms in total. The topological polar surface area (TPSA) is 67.4 Å². The number of nitrogens with one attached hydrogen (secondary N) is 2. The minimum Gasteiger partial charge on any atom is -0.496 e. The van der Waals surface area contributed by atoms with E-state index in [-0.39, 0.29) is 11.8 Å². The van der Waals surface area contributed by atoms with Crippen molar-refractivity contribution in [2.24, 2.45) is 0 Å². The van der Waals surface area contributed by atoms with Crippen LogP contribution in [-0.2, 0) is 9.59 Å². The molecule has 0 aromatic heterocycles. The Morgan fingerprint density at radius 3 is 2.76 bits per heavy atom. The fourth-order valence-electron chi connectivity index (χ4n) is 2.91. The second kappa shape index (κ2) is 10.2. The molecule has 0 atom stereocenters. The highest BCUT2D eigenvalue weighted by molar-refractivity contribution is 9.10. The van der Waals surface area contributed by atoms with Gasteiger partial charge in [-0.1, -0.05) is 35.2 Å². The van der Waals surface area contributed by atoms with E-state index in [1.54, 1.807) is 13.2 Å². The van der Waals surface area contributed by atoms with Crippen LogP contribution in [0.2, 0.25) is 0 Å². The lowest BCUT2D eigenvalue weighted by Crippen LogP contribution is -2.38. The van der Waals surface area contributed by atoms with Crippen LogP contribution >= 0.6 is 15.9 Å². The molecule has 2 rings (SSSR count). The molecule has 0 bridgehead atoms. The summed E-state index contributed by atoms with van der Waals surface area (Å²) >= 11 is 3.40. The zero-order valence-corrected chi connectivity index (χ0v) is 16.1. The van der Waals surface area contributed by atoms with Gasteiger partial charge in [-0.25, -0.2) is 0 Å². The van der Waals surface area contributed by atoms with E-state index in [9.17, 15) is 9.59 Å². The molecule has 1 aromatic carbocycles. The fourth-order valence-corrected chi connectivity index (χ4v) is 3.28. The van der Waals surface area contributed by atoms with E-state index < -0.39 is 0 Å². The van der Waals surface area contributed by atoms with Crippen molar-refractivity contribution in [1.82, 2.24) is 10.6 Å². The Hall–Kier alpha value is -1.82. The summed E-state index contributed by atoms with van der Waals surface area (Å²) in [5, 5.41) is 5.78. The molecular weight excluding hydrogens is 384 g/mol. The van der Waals surface area contributed by atoms with Gasteiger partial charge < -0.3 is 15.4 Å². The van der Waals surface area contributed by atoms with Gasteiger partial charge in [-0.05, 0) is 37.1 Å². The van der Waals surface area contributed by atoms with Gasteiger partial charge in [0.2, 0.25) is 11.8 Å². The standard InChI is InChI=1S/C19H25BrN2O3/c1-25-17-9-8-15(20)13-14(17)7-10-18(23)21-12-11-19(24)22-16-5-3-2-4-6-16/h7-10,13,16H,2-6,11-12H2,1H3,(H,21,23)(H,22,24)/b10-7+. The minimum atomic E-state index is -0.229. The summed E-state index contributed by atoms with van der Waals surface area (Å²) in [6.45, 7) is 0.331. The Labute approximate surface area is 157 Å². The summed E-state index contributed by atoms with van der Waals surface area (Å²) < 4.78 is 6.17. The smallest absolute Gasteiger partial charge is 0.244 e. The van der Waals surface area contributed by atoms with Crippen LogP contribution in [0, 0.1) is 0 Å². The molecule has 1 aliphatic rings. The summed E-state index contributed by atoms with van der Waals surface area (Å²) in [5.74, 6) is 0.469. The van der Waals surface area contributed by atoms with E-state index in [0.29, 0.717) is 24.8 Å². The lowest BCUT2D eigenvalue weighted by molar-refractivity contribution is -0.122. The van der Waals surface area contributed by atoms with E-state index in [4.69, 9.17) is 4.74 Å². The Bertz CT molecular complexity index is 625. The maximum Gasteiger partial charge on any atom is 0.244 e. The van der Waals surface area contributed by atoms with Crippen LogP contribution in [0.4, 0.5) is 0 Å². The lowest BCUT2D eigenvalue weighted by atomic mass is 9.95. The van der Waals surface area contributed by atoms with E-state index in [0.717, 1.165) is 22.9 Å². The van der Waals surface area contributed by atoms with Crippen molar-refractivity contribution in [2.45, 2.75) is 44.6 Å². The van der Waals surface area contributed by atoms with Crippen LogP contribution in [-0.4, -0.2) is 31.5 Å². The molecule has 1 saturated carbocycles. The quantitative estimate of drug-likeness (QED) is 0.679. The van der Waals surface area contributed by atoms with E-state index in [2.05, 4.69) is 26.6 Å². The van der Waals surface area contributed by atoms with Gasteiger partial charge in [0.05, 0.1) is 7.11 Å². The van der Waals surface area contributed by atoms with Gasteiger partial charge >= 0.3 is 0 Å². The third kappa shape index (κ3) is 6.90. The molecule has 0 saturated heterocycles. The molecule has 2 N–H and O–H groups in total. The van der Waals surface area contributed by atoms with Crippen molar-refractivity contribution in [3.05, 3.63) is 34.3 Å². The summed E-state index contributed by atoms with van der Waals surface area (Å²) in [6.07, 6.45) is 9.21. The van der Waals surface area contributed by atoms with Gasteiger partial charge in [-0.2, -0.15) is 0 Å². The largest absolute Gasteiger partial charge is 0.496 e. The van der Waals surface area contributed by atoms with Crippen molar-refractivity contribution in [2.75, 3.05) is 13.7 Å². The van der Waals surface area contributed by atoms with Crippen molar-refractivity contribution in [3.63, 3.8) is 0 Å². The predicted octanol–water partition coefficient (Wildman–Crippen LogP) is 3.43. The summed E-state index contributed by atoms with van der Waals surface area (Å²) in [6, 6.07) is 5.89. The number of carbonyl (C=O) groups excluding carboxylic acids is 2. The van der Waals surface area contributed by atoms with Gasteiger partial charge in [-0.15, -0.1) is 0 Å². The summed E-state index contributed by atoms with van der Waals surface area (Å²) in [7, 11) is 1.59. The second-order valence-electron chi connectivity index (χ2n) is 6.16. The molecule has 136 valence electrons. The number of halogens is 1. The average molecular weight is 409 g/mol. The molecule has 0 aliphatic heterocycles. The number of methoxy groups -OCH3 is 1. The zero-order chi connectivity index (χ0) is 18.1. The maximum absolute atomic E-state index is 11.9. The first-order chi connectivity index (χ1) is 12.1. The fraction of sp³-hybridized carbons (Fsp3) is 0.474. The van der Waals surface area contributed by atoms with Gasteiger partial charge in [0.15, 0.2) is 0 Å². The van der Waals surface area contributed by atoms with Crippen molar-refractivity contribution < 1.29 is 14.3 Å². The van der Waals surface area contributed by atoms with E-state index in [1.165, 1.54) is 25.3 Å². The molecule has 1 aromatic rings. The van der Waals surface area contributed by atoms with Crippen LogP contribution in [0.1, 0.15) is 44.1 Å². The average Bonchev–Trinajstić information content (AvgIpc) is 2.61. The van der Waals surface area contributed by atoms with Gasteiger partial charge in [0.1, 0.15) is 5.75 Å². The molecule has 1 aliphatic carbocycles. The summed E-state index contributed by atoms with van der Waals surface area (Å²) in [5.41, 5.74) is 0.807. The number of hydrogen-bond acceptors (Lipinski definition) is 3. The van der Waals surface area contributed by atoms with Crippen molar-refractivity contribution in [1.29, 1.82) is 0 Å². The highest BCUT2D eigenvalue weighted by Crippen LogP contribution is 2.24. The lowest BCUT2D eigenvalue weighted by Gasteiger charge is -2.22. The van der Waals surface area contributed by atoms with Crippen LogP contribution in [0.5, 0.6) is 5.75 Å². The maximum atomic E-state index is 11.9. The molecule has 6 heteroatoms. The van der Waals surface area contributed by atoms with Crippen molar-refractivity contribution >= 4 is 33.8 Å². The van der Waals surface area contributed by atoms with E-state index in [1.807, 2.05) is 18.2 Å². The normalized spacial score (nSPS) is 15.1. The first-order valence-electron chi connectivity index (χ1n) is 8.67. The third-order valence-electron chi connectivity index (χ3n) is 4.23. The SMILES string of the molecule is COc1ccc(Br)cc1/C=C/C(=O)NCCC(=O)NC1CCCCC1. The number of carbonyl (C=O) groups is 2. The Morgan fingerprint density at radius 1 is 1.28 bits per heavy atom. The first-order valence-corrected chi connectivity index (χ1v) is 9.46. The first kappa shape index (κ1) is 19.5.